The fourth-order valence-corrected chi connectivity index (χ4v) is 5.16. The summed E-state index contributed by atoms with van der Waals surface area (Å²) in [5.41, 5.74) is 0. The molecule has 1 saturated carbocycles. The van der Waals surface area contributed by atoms with Crippen molar-refractivity contribution in [2.75, 3.05) is 6.54 Å². The van der Waals surface area contributed by atoms with Crippen LogP contribution >= 0.6 is 11.3 Å². The van der Waals surface area contributed by atoms with Crippen LogP contribution in [0.1, 0.15) is 38.5 Å². The van der Waals surface area contributed by atoms with Gasteiger partial charge in [-0.3, -0.25) is 0 Å². The van der Waals surface area contributed by atoms with Gasteiger partial charge in [0.15, 0.2) is 0 Å². The Kier molecular flexibility index (Phi) is 4.66. The van der Waals surface area contributed by atoms with E-state index in [-0.39, 0.29) is 6.04 Å². The number of nitrogens with zero attached hydrogens (tertiary/aromatic N) is 1. The number of rotatable bonds is 7. The maximum Gasteiger partial charge on any atom is 0.244 e. The summed E-state index contributed by atoms with van der Waals surface area (Å²) in [6.07, 6.45) is 2.42. The van der Waals surface area contributed by atoms with Gasteiger partial charge >= 0.3 is 0 Å². The van der Waals surface area contributed by atoms with Crippen LogP contribution in [0.5, 0.6) is 0 Å². The molecule has 1 aromatic heterocycles. The van der Waals surface area contributed by atoms with Gasteiger partial charge in [-0.1, -0.05) is 6.92 Å². The van der Waals surface area contributed by atoms with E-state index in [0.717, 1.165) is 4.88 Å². The molecular formula is C13H22N2O2S2. The Bertz CT molecular complexity index is 519. The molecule has 1 N–H and O–H groups in total. The van der Waals surface area contributed by atoms with Crippen LogP contribution in [0.2, 0.25) is 0 Å². The molecule has 0 atom stereocenters. The molecule has 1 fully saturated rings. The van der Waals surface area contributed by atoms with E-state index in [0.29, 0.717) is 24.0 Å². The maximum absolute atomic E-state index is 12.7. The van der Waals surface area contributed by atoms with Gasteiger partial charge in [0, 0.05) is 30.1 Å². The topological polar surface area (TPSA) is 49.4 Å². The fourth-order valence-electron chi connectivity index (χ4n) is 2.15. The zero-order valence-corrected chi connectivity index (χ0v) is 13.4. The Morgan fingerprint density at radius 1 is 1.47 bits per heavy atom. The van der Waals surface area contributed by atoms with Crippen molar-refractivity contribution in [1.29, 1.82) is 0 Å². The Morgan fingerprint density at radius 3 is 2.68 bits per heavy atom. The van der Waals surface area contributed by atoms with E-state index >= 15 is 0 Å². The van der Waals surface area contributed by atoms with Gasteiger partial charge < -0.3 is 5.32 Å². The highest BCUT2D eigenvalue weighted by atomic mass is 32.2. The molecule has 0 aliphatic heterocycles. The molecule has 1 aromatic rings. The summed E-state index contributed by atoms with van der Waals surface area (Å²) in [5.74, 6) is 0. The summed E-state index contributed by atoms with van der Waals surface area (Å²) in [6, 6.07) is 2.30. The standard InChI is InChI=1S/C13H22N2O2S2/c1-4-15(10(2)3)19(16,17)13-7-8-18-12(13)9-14-11-5-6-11/h7-8,10-11,14H,4-6,9H2,1-3H3. The van der Waals surface area contributed by atoms with Gasteiger partial charge in [0.25, 0.3) is 0 Å². The van der Waals surface area contributed by atoms with Crippen molar-refractivity contribution in [3.8, 4) is 0 Å². The zero-order chi connectivity index (χ0) is 14.0. The number of hydrogen-bond acceptors (Lipinski definition) is 4. The van der Waals surface area contributed by atoms with E-state index in [1.165, 1.54) is 24.2 Å². The third-order valence-electron chi connectivity index (χ3n) is 3.31. The van der Waals surface area contributed by atoms with Crippen molar-refractivity contribution in [3.05, 3.63) is 16.3 Å². The van der Waals surface area contributed by atoms with Crippen molar-refractivity contribution < 1.29 is 8.42 Å². The van der Waals surface area contributed by atoms with Gasteiger partial charge in [0.05, 0.1) is 4.90 Å². The largest absolute Gasteiger partial charge is 0.309 e. The normalized spacial score (nSPS) is 16.5. The zero-order valence-electron chi connectivity index (χ0n) is 11.7. The van der Waals surface area contributed by atoms with Gasteiger partial charge in [-0.2, -0.15) is 4.31 Å². The molecule has 0 amide bonds. The summed E-state index contributed by atoms with van der Waals surface area (Å²) in [6.45, 7) is 6.87. The molecule has 108 valence electrons. The van der Waals surface area contributed by atoms with E-state index < -0.39 is 10.0 Å². The van der Waals surface area contributed by atoms with Gasteiger partial charge in [0.2, 0.25) is 10.0 Å². The van der Waals surface area contributed by atoms with Crippen LogP contribution in [0, 0.1) is 0 Å². The van der Waals surface area contributed by atoms with Gasteiger partial charge in [-0.15, -0.1) is 11.3 Å². The lowest BCUT2D eigenvalue weighted by atomic mass is 10.4. The second kappa shape index (κ2) is 5.91. The molecule has 2 rings (SSSR count). The van der Waals surface area contributed by atoms with Crippen LogP contribution < -0.4 is 5.32 Å². The summed E-state index contributed by atoms with van der Waals surface area (Å²) < 4.78 is 26.9. The minimum absolute atomic E-state index is 0.0147. The van der Waals surface area contributed by atoms with Crippen LogP contribution in [0.15, 0.2) is 16.3 Å². The SMILES string of the molecule is CCN(C(C)C)S(=O)(=O)c1ccsc1CNC1CC1. The first-order chi connectivity index (χ1) is 8.96. The molecule has 0 unspecified atom stereocenters. The first-order valence-electron chi connectivity index (χ1n) is 6.78. The van der Waals surface area contributed by atoms with Crippen molar-refractivity contribution in [1.82, 2.24) is 9.62 Å². The van der Waals surface area contributed by atoms with Crippen molar-refractivity contribution >= 4 is 21.4 Å². The molecule has 1 aliphatic carbocycles. The first kappa shape index (κ1) is 15.0. The van der Waals surface area contributed by atoms with Crippen molar-refractivity contribution in [2.45, 2.75) is 57.1 Å². The van der Waals surface area contributed by atoms with Crippen molar-refractivity contribution in [2.24, 2.45) is 0 Å². The second-order valence-electron chi connectivity index (χ2n) is 5.17. The lowest BCUT2D eigenvalue weighted by molar-refractivity contribution is 0.369. The molecule has 1 aliphatic rings. The average molecular weight is 302 g/mol. The predicted octanol–water partition coefficient (Wildman–Crippen LogP) is 2.42. The molecule has 0 saturated heterocycles. The number of hydrogen-bond donors (Lipinski definition) is 1. The minimum atomic E-state index is -3.36. The molecular weight excluding hydrogens is 280 g/mol. The molecule has 1 heterocycles. The quantitative estimate of drug-likeness (QED) is 0.841. The summed E-state index contributed by atoms with van der Waals surface area (Å²) >= 11 is 1.52. The highest BCUT2D eigenvalue weighted by Gasteiger charge is 2.29. The third kappa shape index (κ3) is 3.37. The average Bonchev–Trinajstić information content (AvgIpc) is 3.02. The Hall–Kier alpha value is -0.430. The molecule has 0 aromatic carbocycles. The molecule has 0 spiro atoms. The van der Waals surface area contributed by atoms with Crippen LogP contribution in [-0.4, -0.2) is 31.4 Å². The first-order valence-corrected chi connectivity index (χ1v) is 9.10. The summed E-state index contributed by atoms with van der Waals surface area (Å²) in [4.78, 5) is 1.40. The van der Waals surface area contributed by atoms with E-state index in [4.69, 9.17) is 0 Å². The summed E-state index contributed by atoms with van der Waals surface area (Å²) in [5, 5.41) is 5.25. The summed E-state index contributed by atoms with van der Waals surface area (Å²) in [7, 11) is -3.36. The molecule has 0 bridgehead atoms. The molecule has 4 nitrogen and oxygen atoms in total. The lowest BCUT2D eigenvalue weighted by Gasteiger charge is -2.24. The van der Waals surface area contributed by atoms with Crippen molar-refractivity contribution in [3.63, 3.8) is 0 Å². The van der Waals surface area contributed by atoms with E-state index in [1.54, 1.807) is 10.4 Å². The lowest BCUT2D eigenvalue weighted by Crippen LogP contribution is -2.37. The highest BCUT2D eigenvalue weighted by Crippen LogP contribution is 2.27. The second-order valence-corrected chi connectivity index (χ2v) is 8.02. The van der Waals surface area contributed by atoms with Crippen LogP contribution in [-0.2, 0) is 16.6 Å². The van der Waals surface area contributed by atoms with Crippen LogP contribution in [0.3, 0.4) is 0 Å². The number of sulfonamides is 1. The van der Waals surface area contributed by atoms with Gasteiger partial charge in [-0.05, 0) is 38.1 Å². The number of thiophene rings is 1. The van der Waals surface area contributed by atoms with Crippen LogP contribution in [0.25, 0.3) is 0 Å². The minimum Gasteiger partial charge on any atom is -0.309 e. The molecule has 0 radical (unpaired) electrons. The predicted molar refractivity (Wildman–Crippen MR) is 78.9 cm³/mol. The Morgan fingerprint density at radius 2 is 2.16 bits per heavy atom. The van der Waals surface area contributed by atoms with Gasteiger partial charge in [0.1, 0.15) is 0 Å². The number of nitrogens with one attached hydrogen (secondary N) is 1. The van der Waals surface area contributed by atoms with E-state index in [2.05, 4.69) is 5.32 Å². The Balaban J connectivity index is 2.21. The van der Waals surface area contributed by atoms with E-state index in [1.807, 2.05) is 26.2 Å². The third-order valence-corrected chi connectivity index (χ3v) is 6.59. The fraction of sp³-hybridized carbons (Fsp3) is 0.692. The van der Waals surface area contributed by atoms with Gasteiger partial charge in [-0.25, -0.2) is 8.42 Å². The van der Waals surface area contributed by atoms with Crippen LogP contribution in [0.4, 0.5) is 0 Å². The molecule has 19 heavy (non-hydrogen) atoms. The maximum atomic E-state index is 12.7. The highest BCUT2D eigenvalue weighted by molar-refractivity contribution is 7.89. The molecule has 6 heteroatoms. The monoisotopic (exact) mass is 302 g/mol. The Labute approximate surface area is 119 Å². The van der Waals surface area contributed by atoms with E-state index in [9.17, 15) is 8.42 Å². The smallest absolute Gasteiger partial charge is 0.244 e.